The predicted octanol–water partition coefficient (Wildman–Crippen LogP) is 1.46. The largest absolute Gasteiger partial charge is 0.490 e. The fourth-order valence-electron chi connectivity index (χ4n) is 2.14. The highest BCUT2D eigenvalue weighted by molar-refractivity contribution is 7.80. The second-order valence-electron chi connectivity index (χ2n) is 4.53. The lowest BCUT2D eigenvalue weighted by Crippen LogP contribution is -2.30. The summed E-state index contributed by atoms with van der Waals surface area (Å²) in [7, 11) is 0. The molecule has 0 saturated carbocycles. The van der Waals surface area contributed by atoms with E-state index >= 15 is 0 Å². The summed E-state index contributed by atoms with van der Waals surface area (Å²) >= 11 is 5.18. The van der Waals surface area contributed by atoms with E-state index in [4.69, 9.17) is 21.7 Å². The molecule has 0 spiro atoms. The number of amides is 1. The van der Waals surface area contributed by atoms with Crippen LogP contribution in [0.4, 0.5) is 5.69 Å². The highest BCUT2D eigenvalue weighted by Crippen LogP contribution is 2.34. The zero-order valence-corrected chi connectivity index (χ0v) is 11.3. The highest BCUT2D eigenvalue weighted by Gasteiger charge is 2.33. The summed E-state index contributed by atoms with van der Waals surface area (Å²) in [6.07, 6.45) is 0.851. The van der Waals surface area contributed by atoms with Gasteiger partial charge in [0.05, 0.1) is 18.9 Å². The molecule has 1 fully saturated rings. The summed E-state index contributed by atoms with van der Waals surface area (Å²) in [6.45, 7) is 3.05. The number of fused-ring (bicyclic) bond motifs is 1. The molecular formula is C13H14N2O3S. The lowest BCUT2D eigenvalue weighted by atomic mass is 10.2. The number of hydrogen-bond acceptors (Lipinski definition) is 4. The fourth-order valence-corrected chi connectivity index (χ4v) is 2.51. The first-order chi connectivity index (χ1) is 9.16. The molecular weight excluding hydrogens is 264 g/mol. The molecule has 100 valence electrons. The van der Waals surface area contributed by atoms with Gasteiger partial charge >= 0.3 is 0 Å². The van der Waals surface area contributed by atoms with Gasteiger partial charge in [-0.2, -0.15) is 0 Å². The predicted molar refractivity (Wildman–Crippen MR) is 74.7 cm³/mol. The van der Waals surface area contributed by atoms with Crippen molar-refractivity contribution >= 4 is 28.9 Å². The molecule has 1 saturated heterocycles. The van der Waals surface area contributed by atoms with E-state index in [1.807, 2.05) is 12.1 Å². The molecule has 6 heteroatoms. The van der Waals surface area contributed by atoms with E-state index < -0.39 is 0 Å². The van der Waals surface area contributed by atoms with Crippen molar-refractivity contribution in [2.24, 2.45) is 0 Å². The standard InChI is InChI=1S/C13H14N2O3S/c1-8-12(16)15(13(19)14-8)9-3-4-10-11(7-9)18-6-2-5-17-10/h3-4,7-8H,2,5-6H2,1H3,(H,14,19). The van der Waals surface area contributed by atoms with E-state index in [1.165, 1.54) is 4.90 Å². The van der Waals surface area contributed by atoms with E-state index in [9.17, 15) is 4.79 Å². The third kappa shape index (κ3) is 2.12. The average Bonchev–Trinajstić information content (AvgIpc) is 2.59. The first-order valence-corrected chi connectivity index (χ1v) is 6.62. The molecule has 5 nitrogen and oxygen atoms in total. The van der Waals surface area contributed by atoms with Crippen molar-refractivity contribution in [1.29, 1.82) is 0 Å². The van der Waals surface area contributed by atoms with Crippen molar-refractivity contribution in [2.75, 3.05) is 18.1 Å². The van der Waals surface area contributed by atoms with Gasteiger partial charge < -0.3 is 14.8 Å². The Labute approximate surface area is 116 Å². The summed E-state index contributed by atoms with van der Waals surface area (Å²) in [5.41, 5.74) is 0.705. The zero-order chi connectivity index (χ0) is 13.4. The lowest BCUT2D eigenvalue weighted by Gasteiger charge is -2.16. The molecule has 0 aliphatic carbocycles. The van der Waals surface area contributed by atoms with E-state index in [0.29, 0.717) is 35.5 Å². The highest BCUT2D eigenvalue weighted by atomic mass is 32.1. The van der Waals surface area contributed by atoms with Crippen LogP contribution in [0.1, 0.15) is 13.3 Å². The minimum atomic E-state index is -0.288. The maximum absolute atomic E-state index is 12.1. The molecule has 2 aliphatic heterocycles. The number of hydrogen-bond donors (Lipinski definition) is 1. The number of ether oxygens (including phenoxy) is 2. The van der Waals surface area contributed by atoms with Crippen LogP contribution in [0, 0.1) is 0 Å². The fraction of sp³-hybridized carbons (Fsp3) is 0.385. The smallest absolute Gasteiger partial charge is 0.255 e. The zero-order valence-electron chi connectivity index (χ0n) is 10.5. The Bertz CT molecular complexity index is 547. The molecule has 1 amide bonds. The minimum Gasteiger partial charge on any atom is -0.490 e. The molecule has 2 heterocycles. The molecule has 0 aromatic heterocycles. The molecule has 2 aliphatic rings. The van der Waals surface area contributed by atoms with Crippen LogP contribution in [0.5, 0.6) is 11.5 Å². The Balaban J connectivity index is 1.96. The van der Waals surface area contributed by atoms with Crippen LogP contribution in [0.15, 0.2) is 18.2 Å². The number of anilines is 1. The van der Waals surface area contributed by atoms with Crippen LogP contribution < -0.4 is 19.7 Å². The Hall–Kier alpha value is -1.82. The van der Waals surface area contributed by atoms with Crippen molar-refractivity contribution in [3.8, 4) is 11.5 Å². The second kappa shape index (κ2) is 4.70. The van der Waals surface area contributed by atoms with Crippen LogP contribution in [-0.2, 0) is 4.79 Å². The first-order valence-electron chi connectivity index (χ1n) is 6.21. The average molecular weight is 278 g/mol. The molecule has 1 unspecified atom stereocenters. The maximum atomic E-state index is 12.1. The van der Waals surface area contributed by atoms with E-state index in [2.05, 4.69) is 5.32 Å². The van der Waals surface area contributed by atoms with Crippen molar-refractivity contribution in [2.45, 2.75) is 19.4 Å². The number of benzene rings is 1. The number of carbonyl (C=O) groups excluding carboxylic acids is 1. The first kappa shape index (κ1) is 12.2. The number of rotatable bonds is 1. The summed E-state index contributed by atoms with van der Waals surface area (Å²) in [5.74, 6) is 1.31. The van der Waals surface area contributed by atoms with E-state index in [0.717, 1.165) is 6.42 Å². The monoisotopic (exact) mass is 278 g/mol. The molecule has 1 aromatic rings. The molecule has 0 radical (unpaired) electrons. The van der Waals surface area contributed by atoms with Gasteiger partial charge in [0.2, 0.25) is 0 Å². The van der Waals surface area contributed by atoms with Gasteiger partial charge in [-0.1, -0.05) is 0 Å². The summed E-state index contributed by atoms with van der Waals surface area (Å²) in [4.78, 5) is 13.6. The Morgan fingerprint density at radius 1 is 1.32 bits per heavy atom. The SMILES string of the molecule is CC1NC(=S)N(c2ccc3c(c2)OCCCO3)C1=O. The normalized spacial score (nSPS) is 22.2. The topological polar surface area (TPSA) is 50.8 Å². The van der Waals surface area contributed by atoms with Gasteiger partial charge in [0.25, 0.3) is 5.91 Å². The van der Waals surface area contributed by atoms with Crippen LogP contribution in [0.2, 0.25) is 0 Å². The van der Waals surface area contributed by atoms with Crippen LogP contribution in [-0.4, -0.2) is 30.3 Å². The third-order valence-electron chi connectivity index (χ3n) is 3.12. The quantitative estimate of drug-likeness (QED) is 0.788. The Morgan fingerprint density at radius 3 is 2.74 bits per heavy atom. The summed E-state index contributed by atoms with van der Waals surface area (Å²) in [5, 5.41) is 3.37. The number of carbonyl (C=O) groups is 1. The molecule has 0 bridgehead atoms. The second-order valence-corrected chi connectivity index (χ2v) is 4.91. The molecule has 1 N–H and O–H groups in total. The van der Waals surface area contributed by atoms with E-state index in [1.54, 1.807) is 13.0 Å². The third-order valence-corrected chi connectivity index (χ3v) is 3.42. The van der Waals surface area contributed by atoms with Crippen molar-refractivity contribution in [3.05, 3.63) is 18.2 Å². The number of nitrogens with zero attached hydrogens (tertiary/aromatic N) is 1. The molecule has 1 atom stereocenters. The summed E-state index contributed by atoms with van der Waals surface area (Å²) in [6, 6.07) is 5.14. The van der Waals surface area contributed by atoms with Gasteiger partial charge in [0, 0.05) is 12.5 Å². The van der Waals surface area contributed by atoms with Crippen LogP contribution in [0.25, 0.3) is 0 Å². The summed E-state index contributed by atoms with van der Waals surface area (Å²) < 4.78 is 11.2. The van der Waals surface area contributed by atoms with Gasteiger partial charge in [0.15, 0.2) is 16.6 Å². The van der Waals surface area contributed by atoms with Gasteiger partial charge in [0.1, 0.15) is 6.04 Å². The molecule has 1 aromatic carbocycles. The minimum absolute atomic E-state index is 0.0560. The van der Waals surface area contributed by atoms with E-state index in [-0.39, 0.29) is 11.9 Å². The van der Waals surface area contributed by atoms with Gasteiger partial charge in [-0.25, -0.2) is 0 Å². The Morgan fingerprint density at radius 2 is 2.05 bits per heavy atom. The van der Waals surface area contributed by atoms with Crippen LogP contribution in [0.3, 0.4) is 0 Å². The van der Waals surface area contributed by atoms with Gasteiger partial charge in [-0.3, -0.25) is 9.69 Å². The van der Waals surface area contributed by atoms with Crippen molar-refractivity contribution in [1.82, 2.24) is 5.32 Å². The number of nitrogens with one attached hydrogen (secondary N) is 1. The molecule has 3 rings (SSSR count). The Kier molecular flexibility index (Phi) is 3.02. The molecule has 19 heavy (non-hydrogen) atoms. The lowest BCUT2D eigenvalue weighted by molar-refractivity contribution is -0.117. The van der Waals surface area contributed by atoms with Gasteiger partial charge in [-0.05, 0) is 31.3 Å². The number of thiocarbonyl (C=S) groups is 1. The van der Waals surface area contributed by atoms with Crippen LogP contribution >= 0.6 is 12.2 Å². The maximum Gasteiger partial charge on any atom is 0.255 e. The van der Waals surface area contributed by atoms with Crippen molar-refractivity contribution < 1.29 is 14.3 Å². The van der Waals surface area contributed by atoms with Gasteiger partial charge in [-0.15, -0.1) is 0 Å². The van der Waals surface area contributed by atoms with Crippen molar-refractivity contribution in [3.63, 3.8) is 0 Å².